The van der Waals surface area contributed by atoms with Crippen LogP contribution >= 0.6 is 0 Å². The van der Waals surface area contributed by atoms with Crippen molar-refractivity contribution in [2.24, 2.45) is 0 Å². The maximum Gasteiger partial charge on any atom is 0.417 e. The Balaban J connectivity index is 1.04. The van der Waals surface area contributed by atoms with Crippen molar-refractivity contribution in [3.63, 3.8) is 0 Å². The molecule has 0 aliphatic carbocycles. The van der Waals surface area contributed by atoms with Gasteiger partial charge >= 0.3 is 6.18 Å². The van der Waals surface area contributed by atoms with Crippen LogP contribution in [0.5, 0.6) is 5.75 Å². The third kappa shape index (κ3) is 12.4. The highest BCUT2D eigenvalue weighted by Crippen LogP contribution is 2.35. The van der Waals surface area contributed by atoms with Crippen LogP contribution in [0.2, 0.25) is 0 Å². The predicted octanol–water partition coefficient (Wildman–Crippen LogP) is 8.08. The number of carbonyl (C=O) groups is 1. The van der Waals surface area contributed by atoms with Gasteiger partial charge in [0.05, 0.1) is 56.5 Å². The average molecular weight is 960 g/mol. The molecule has 0 fully saturated rings. The van der Waals surface area contributed by atoms with Gasteiger partial charge in [-0.1, -0.05) is 41.6 Å². The third-order valence-electron chi connectivity index (χ3n) is 10.5. The summed E-state index contributed by atoms with van der Waals surface area (Å²) < 4.78 is 104. The number of carbonyl (C=O) groups excluding carboxylic acids is 1. The Morgan fingerprint density at radius 2 is 1.54 bits per heavy atom. The van der Waals surface area contributed by atoms with Gasteiger partial charge in [0.25, 0.3) is 5.91 Å². The fraction of sp³-hybridized carbons (Fsp3) is 0.298. The maximum atomic E-state index is 13.4. The zero-order valence-corrected chi connectivity index (χ0v) is 38.5. The molecule has 1 amide bonds. The van der Waals surface area contributed by atoms with E-state index >= 15 is 0 Å². The number of unbranched alkanes of at least 4 members (excludes halogenated alkanes) is 2. The van der Waals surface area contributed by atoms with E-state index in [0.29, 0.717) is 72.0 Å². The molecule has 4 N–H and O–H groups in total. The van der Waals surface area contributed by atoms with E-state index in [2.05, 4.69) is 26.1 Å². The average Bonchev–Trinajstić information content (AvgIpc) is 3.79. The van der Waals surface area contributed by atoms with Gasteiger partial charge in [0.1, 0.15) is 11.4 Å². The fourth-order valence-corrected chi connectivity index (χ4v) is 9.37. The van der Waals surface area contributed by atoms with Crippen molar-refractivity contribution in [2.45, 2.75) is 73.4 Å². The van der Waals surface area contributed by atoms with Crippen LogP contribution in [0.1, 0.15) is 56.7 Å². The smallest absolute Gasteiger partial charge is 0.417 e. The molecule has 2 aromatic heterocycles. The summed E-state index contributed by atoms with van der Waals surface area (Å²) in [6.07, 6.45) is -1.22. The van der Waals surface area contributed by atoms with Crippen LogP contribution in [0.25, 0.3) is 34.0 Å². The van der Waals surface area contributed by atoms with Gasteiger partial charge in [0.2, 0.25) is 0 Å². The third-order valence-corrected chi connectivity index (χ3v) is 14.6. The summed E-state index contributed by atoms with van der Waals surface area (Å²) in [5, 5.41) is 32.1. The molecule has 6 rings (SSSR count). The zero-order chi connectivity index (χ0) is 48.6. The Labute approximate surface area is 386 Å². The van der Waals surface area contributed by atoms with Gasteiger partial charge in [0.15, 0.2) is 42.5 Å². The van der Waals surface area contributed by atoms with Crippen molar-refractivity contribution >= 4 is 37.1 Å². The van der Waals surface area contributed by atoms with Crippen molar-refractivity contribution in [2.75, 3.05) is 36.6 Å². The normalized spacial score (nSPS) is 12.9. The second-order valence-electron chi connectivity index (χ2n) is 16.0. The number of sulfone groups is 2. The molecule has 0 aliphatic rings. The van der Waals surface area contributed by atoms with Crippen molar-refractivity contribution in [1.82, 2.24) is 20.4 Å². The Morgan fingerprint density at radius 1 is 0.881 bits per heavy atom. The Hall–Kier alpha value is -6.66. The molecule has 0 saturated carbocycles. The molecule has 0 unspecified atom stereocenters. The molecule has 0 aliphatic heterocycles. The van der Waals surface area contributed by atoms with Gasteiger partial charge in [-0.3, -0.25) is 4.79 Å². The minimum Gasteiger partial charge on any atom is -0.494 e. The lowest BCUT2D eigenvalue weighted by atomic mass is 10.1. The molecule has 0 spiro atoms. The summed E-state index contributed by atoms with van der Waals surface area (Å²) in [6, 6.07) is 25.4. The number of hydrogen-bond donors (Lipinski definition) is 4. The van der Waals surface area contributed by atoms with E-state index in [-0.39, 0.29) is 15.5 Å². The van der Waals surface area contributed by atoms with Crippen LogP contribution in [0.4, 0.5) is 24.7 Å². The van der Waals surface area contributed by atoms with E-state index in [4.69, 9.17) is 19.5 Å². The van der Waals surface area contributed by atoms with Crippen LogP contribution in [-0.4, -0.2) is 79.8 Å². The van der Waals surface area contributed by atoms with Gasteiger partial charge in [0, 0.05) is 36.0 Å². The number of nitrogens with zero attached hydrogens (tertiary/aromatic N) is 4. The highest BCUT2D eigenvalue weighted by atomic mass is 32.2. The lowest BCUT2D eigenvalue weighted by Gasteiger charge is -2.22. The SMILES string of the molecule is CNCc1ccc(-c2cc(-c3nc(-c4ccc(S(=O)(=O)C(C)C)cc4)cnc3NCCCCCOc3ccc(S(=O)(=O)C[C@](C)(O)C(=O)Nc4ccc(C#N)c(C(F)(F)F)c4)cc3)on2)cc1. The number of anilines is 2. The number of nitriles is 1. The van der Waals surface area contributed by atoms with Gasteiger partial charge < -0.3 is 30.3 Å². The fourth-order valence-electron chi connectivity index (χ4n) is 6.72. The quantitative estimate of drug-likeness (QED) is 0.0531. The molecule has 6 aromatic rings. The number of aliphatic hydroxyl groups is 1. The second kappa shape index (κ2) is 20.9. The second-order valence-corrected chi connectivity index (χ2v) is 20.5. The summed E-state index contributed by atoms with van der Waals surface area (Å²) in [4.78, 5) is 22.4. The monoisotopic (exact) mass is 959 g/mol. The van der Waals surface area contributed by atoms with E-state index in [9.17, 15) is 39.9 Å². The van der Waals surface area contributed by atoms with Crippen molar-refractivity contribution < 1.29 is 49.2 Å². The molecular formula is C47H48F3N7O8S2. The molecule has 0 saturated heterocycles. The zero-order valence-electron chi connectivity index (χ0n) is 36.9. The van der Waals surface area contributed by atoms with Crippen LogP contribution in [0, 0.1) is 11.3 Å². The van der Waals surface area contributed by atoms with E-state index in [1.807, 2.05) is 31.3 Å². The Kier molecular flexibility index (Phi) is 15.5. The number of benzene rings is 4. The predicted molar refractivity (Wildman–Crippen MR) is 245 cm³/mol. The Bertz CT molecular complexity index is 2960. The first-order valence-corrected chi connectivity index (χ1v) is 24.2. The number of aromatic nitrogens is 3. The lowest BCUT2D eigenvalue weighted by molar-refractivity contribution is -0.137. The van der Waals surface area contributed by atoms with Gasteiger partial charge in [-0.15, -0.1) is 0 Å². The number of rotatable bonds is 20. The molecule has 352 valence electrons. The Morgan fingerprint density at radius 3 is 2.18 bits per heavy atom. The van der Waals surface area contributed by atoms with Crippen LogP contribution in [-0.2, 0) is 37.2 Å². The summed E-state index contributed by atoms with van der Waals surface area (Å²) >= 11 is 0. The van der Waals surface area contributed by atoms with E-state index in [1.54, 1.807) is 50.4 Å². The van der Waals surface area contributed by atoms with Crippen molar-refractivity contribution in [3.05, 3.63) is 120 Å². The minimum atomic E-state index is -4.89. The van der Waals surface area contributed by atoms with E-state index < -0.39 is 59.5 Å². The van der Waals surface area contributed by atoms with Gasteiger partial charge in [-0.05, 0) is 107 Å². The highest BCUT2D eigenvalue weighted by molar-refractivity contribution is 7.92. The number of ether oxygens (including phenoxy) is 1. The molecule has 2 heterocycles. The molecule has 67 heavy (non-hydrogen) atoms. The maximum absolute atomic E-state index is 13.4. The first-order chi connectivity index (χ1) is 31.7. The van der Waals surface area contributed by atoms with Crippen LogP contribution in [0.15, 0.2) is 118 Å². The number of nitrogens with one attached hydrogen (secondary N) is 3. The molecule has 1 atom stereocenters. The van der Waals surface area contributed by atoms with Crippen molar-refractivity contribution in [1.29, 1.82) is 5.26 Å². The molecule has 4 aromatic carbocycles. The highest BCUT2D eigenvalue weighted by Gasteiger charge is 2.38. The molecule has 20 heteroatoms. The number of alkyl halides is 3. The first-order valence-electron chi connectivity index (χ1n) is 21.0. The minimum absolute atomic E-state index is 0.211. The van der Waals surface area contributed by atoms with Crippen LogP contribution < -0.4 is 20.7 Å². The first kappa shape index (κ1) is 49.8. The topological polar surface area (TPSA) is 226 Å². The summed E-state index contributed by atoms with van der Waals surface area (Å²) in [5.74, 6) is -1.14. The molecular weight excluding hydrogens is 912 g/mol. The molecule has 0 radical (unpaired) electrons. The summed E-state index contributed by atoms with van der Waals surface area (Å²) in [7, 11) is -5.86. The molecule has 15 nitrogen and oxygen atoms in total. The van der Waals surface area contributed by atoms with Crippen molar-refractivity contribution in [3.8, 4) is 45.8 Å². The standard InChI is InChI=1S/C47H48F3N7O8S2/c1-30(2)67(62,63)38-18-13-33(14-19-38)41-28-54-44(43(56-41)42-25-40(57-65-42)32-10-8-31(9-11-32)27-52-4)53-22-6-5-7-23-64-36-16-20-37(21-17-36)66(60,61)29-46(3,59)45(58)55-35-15-12-34(26-51)39(24-35)47(48,49)50/h8-21,24-25,28,30,52,59H,5-7,22-23,27,29H2,1-4H3,(H,53,54)(H,55,58)/t46-/m0/s1. The van der Waals surface area contributed by atoms with E-state index in [0.717, 1.165) is 43.1 Å². The summed E-state index contributed by atoms with van der Waals surface area (Å²) in [5.41, 5.74) is -0.761. The van der Waals surface area contributed by atoms with E-state index in [1.165, 1.54) is 30.3 Å². The number of amides is 1. The van der Waals surface area contributed by atoms with Gasteiger partial charge in [-0.2, -0.15) is 18.4 Å². The lowest BCUT2D eigenvalue weighted by Crippen LogP contribution is -2.45. The number of hydrogen-bond acceptors (Lipinski definition) is 14. The number of halogens is 3. The molecule has 0 bridgehead atoms. The van der Waals surface area contributed by atoms with Gasteiger partial charge in [-0.25, -0.2) is 26.8 Å². The largest absolute Gasteiger partial charge is 0.494 e. The van der Waals surface area contributed by atoms with Crippen LogP contribution in [0.3, 0.4) is 0 Å². The summed E-state index contributed by atoms with van der Waals surface area (Å²) in [6.45, 7) is 5.72.